The molecule has 1 aromatic rings. The quantitative estimate of drug-likeness (QED) is 0.797. The van der Waals surface area contributed by atoms with E-state index in [0.29, 0.717) is 31.3 Å². The van der Waals surface area contributed by atoms with Crippen molar-refractivity contribution in [2.45, 2.75) is 10.9 Å². The molecule has 0 amide bonds. The van der Waals surface area contributed by atoms with Crippen LogP contribution < -0.4 is 15.2 Å². The summed E-state index contributed by atoms with van der Waals surface area (Å²) in [5.74, 6) is 0.996. The van der Waals surface area contributed by atoms with Crippen LogP contribution in [0, 0.1) is 0 Å². The minimum atomic E-state index is -3.62. The van der Waals surface area contributed by atoms with Gasteiger partial charge < -0.3 is 19.9 Å². The van der Waals surface area contributed by atoms with Crippen molar-refractivity contribution in [1.82, 2.24) is 4.31 Å². The van der Waals surface area contributed by atoms with E-state index < -0.39 is 10.0 Å². The SMILES string of the molecule is COCC(N)CN(C)S(=O)(=O)c1ccc2c(c1)OCCO2. The maximum Gasteiger partial charge on any atom is 0.243 e. The highest BCUT2D eigenvalue weighted by Gasteiger charge is 2.24. The minimum absolute atomic E-state index is 0.152. The van der Waals surface area contributed by atoms with Crippen LogP contribution in [0.2, 0.25) is 0 Å². The maximum absolute atomic E-state index is 12.5. The van der Waals surface area contributed by atoms with Gasteiger partial charge in [0, 0.05) is 32.8 Å². The number of benzene rings is 1. The average molecular weight is 316 g/mol. The summed E-state index contributed by atoms with van der Waals surface area (Å²) in [5.41, 5.74) is 5.79. The monoisotopic (exact) mass is 316 g/mol. The number of hydrogen-bond donors (Lipinski definition) is 1. The van der Waals surface area contributed by atoms with Crippen LogP contribution >= 0.6 is 0 Å². The van der Waals surface area contributed by atoms with Gasteiger partial charge in [-0.1, -0.05) is 0 Å². The standard InChI is InChI=1S/C13H20N2O5S/c1-15(8-10(14)9-18-2)21(16,17)11-3-4-12-13(7-11)20-6-5-19-12/h3-4,7,10H,5-6,8-9,14H2,1-2H3. The Morgan fingerprint density at radius 2 is 2.00 bits per heavy atom. The predicted octanol–water partition coefficient (Wildman–Crippen LogP) is 0.0520. The number of fused-ring (bicyclic) bond motifs is 1. The van der Waals surface area contributed by atoms with Crippen molar-refractivity contribution in [2.24, 2.45) is 5.73 Å². The van der Waals surface area contributed by atoms with E-state index in [1.165, 1.54) is 30.6 Å². The van der Waals surface area contributed by atoms with Crippen molar-refractivity contribution in [3.63, 3.8) is 0 Å². The minimum Gasteiger partial charge on any atom is -0.486 e. The fraction of sp³-hybridized carbons (Fsp3) is 0.538. The summed E-state index contributed by atoms with van der Waals surface area (Å²) < 4.78 is 41.9. The molecule has 0 aromatic heterocycles. The van der Waals surface area contributed by atoms with E-state index in [4.69, 9.17) is 19.9 Å². The molecule has 1 unspecified atom stereocenters. The van der Waals surface area contributed by atoms with Crippen LogP contribution in [0.1, 0.15) is 0 Å². The number of nitrogens with two attached hydrogens (primary N) is 1. The summed E-state index contributed by atoms with van der Waals surface area (Å²) in [7, 11) is -0.613. The molecular formula is C13H20N2O5S. The Bertz CT molecular complexity index is 590. The smallest absolute Gasteiger partial charge is 0.243 e. The first-order valence-corrected chi connectivity index (χ1v) is 7.99. The van der Waals surface area contributed by atoms with Crippen molar-refractivity contribution in [3.8, 4) is 11.5 Å². The van der Waals surface area contributed by atoms with Gasteiger partial charge in [-0.15, -0.1) is 0 Å². The molecule has 0 spiro atoms. The third-order valence-corrected chi connectivity index (χ3v) is 4.91. The third kappa shape index (κ3) is 3.65. The molecule has 2 N–H and O–H groups in total. The van der Waals surface area contributed by atoms with Gasteiger partial charge in [-0.05, 0) is 12.1 Å². The molecule has 2 rings (SSSR count). The molecule has 1 aliphatic rings. The Balaban J connectivity index is 2.19. The van der Waals surface area contributed by atoms with Crippen LogP contribution in [0.25, 0.3) is 0 Å². The molecule has 7 nitrogen and oxygen atoms in total. The van der Waals surface area contributed by atoms with E-state index in [-0.39, 0.29) is 17.5 Å². The normalized spacial score (nSPS) is 16.0. The van der Waals surface area contributed by atoms with E-state index in [0.717, 1.165) is 0 Å². The number of likely N-dealkylation sites (N-methyl/N-ethyl adjacent to an activating group) is 1. The molecule has 1 atom stereocenters. The Labute approximate surface area is 124 Å². The molecule has 1 heterocycles. The fourth-order valence-electron chi connectivity index (χ4n) is 2.06. The molecule has 21 heavy (non-hydrogen) atoms. The van der Waals surface area contributed by atoms with Gasteiger partial charge in [0.1, 0.15) is 13.2 Å². The van der Waals surface area contributed by atoms with E-state index in [1.54, 1.807) is 6.07 Å². The van der Waals surface area contributed by atoms with Gasteiger partial charge in [0.2, 0.25) is 10.0 Å². The number of rotatable bonds is 6. The average Bonchev–Trinajstić information content (AvgIpc) is 2.46. The third-order valence-electron chi connectivity index (χ3n) is 3.09. The summed E-state index contributed by atoms with van der Waals surface area (Å²) in [6.07, 6.45) is 0. The summed E-state index contributed by atoms with van der Waals surface area (Å²) in [6, 6.07) is 4.19. The van der Waals surface area contributed by atoms with Gasteiger partial charge in [-0.3, -0.25) is 0 Å². The first kappa shape index (κ1) is 16.0. The van der Waals surface area contributed by atoms with Gasteiger partial charge in [-0.25, -0.2) is 8.42 Å². The van der Waals surface area contributed by atoms with Crippen LogP contribution in [0.15, 0.2) is 23.1 Å². The van der Waals surface area contributed by atoms with E-state index in [2.05, 4.69) is 0 Å². The molecule has 118 valence electrons. The lowest BCUT2D eigenvalue weighted by molar-refractivity contribution is 0.170. The molecule has 0 saturated heterocycles. The van der Waals surface area contributed by atoms with Crippen LogP contribution in [0.3, 0.4) is 0 Å². The van der Waals surface area contributed by atoms with Gasteiger partial charge in [0.15, 0.2) is 11.5 Å². The zero-order valence-corrected chi connectivity index (χ0v) is 12.9. The van der Waals surface area contributed by atoms with Crippen molar-refractivity contribution in [1.29, 1.82) is 0 Å². The van der Waals surface area contributed by atoms with E-state index in [9.17, 15) is 8.42 Å². The summed E-state index contributed by atoms with van der Waals surface area (Å²) in [4.78, 5) is 0.152. The van der Waals surface area contributed by atoms with Gasteiger partial charge in [0.25, 0.3) is 0 Å². The molecule has 0 radical (unpaired) electrons. The lowest BCUT2D eigenvalue weighted by atomic mass is 10.3. The lowest BCUT2D eigenvalue weighted by Gasteiger charge is -2.22. The molecule has 0 aliphatic carbocycles. The highest BCUT2D eigenvalue weighted by Crippen LogP contribution is 2.32. The topological polar surface area (TPSA) is 91.1 Å². The van der Waals surface area contributed by atoms with Crippen LogP contribution in [0.4, 0.5) is 0 Å². The van der Waals surface area contributed by atoms with Crippen LogP contribution in [-0.4, -0.2) is 59.3 Å². The second-order valence-corrected chi connectivity index (χ2v) is 6.85. The molecular weight excluding hydrogens is 296 g/mol. The van der Waals surface area contributed by atoms with Crippen molar-refractivity contribution in [3.05, 3.63) is 18.2 Å². The van der Waals surface area contributed by atoms with E-state index >= 15 is 0 Å². The zero-order chi connectivity index (χ0) is 15.5. The first-order valence-electron chi connectivity index (χ1n) is 6.55. The number of hydrogen-bond acceptors (Lipinski definition) is 6. The van der Waals surface area contributed by atoms with Crippen molar-refractivity contribution < 1.29 is 22.6 Å². The Morgan fingerprint density at radius 1 is 1.33 bits per heavy atom. The van der Waals surface area contributed by atoms with Crippen molar-refractivity contribution >= 4 is 10.0 Å². The first-order chi connectivity index (χ1) is 9.95. The van der Waals surface area contributed by atoms with Crippen LogP contribution in [0.5, 0.6) is 11.5 Å². The summed E-state index contributed by atoms with van der Waals surface area (Å²) in [6.45, 7) is 1.33. The number of methoxy groups -OCH3 is 1. The predicted molar refractivity (Wildman–Crippen MR) is 77.1 cm³/mol. The second-order valence-electron chi connectivity index (χ2n) is 4.81. The second kappa shape index (κ2) is 6.61. The summed E-state index contributed by atoms with van der Waals surface area (Å²) in [5, 5.41) is 0. The number of nitrogens with zero attached hydrogens (tertiary/aromatic N) is 1. The highest BCUT2D eigenvalue weighted by molar-refractivity contribution is 7.89. The lowest BCUT2D eigenvalue weighted by Crippen LogP contribution is -2.41. The van der Waals surface area contributed by atoms with Gasteiger partial charge in [0.05, 0.1) is 11.5 Å². The van der Waals surface area contributed by atoms with Gasteiger partial charge >= 0.3 is 0 Å². The number of sulfonamides is 1. The highest BCUT2D eigenvalue weighted by atomic mass is 32.2. The largest absolute Gasteiger partial charge is 0.486 e. The van der Waals surface area contributed by atoms with Gasteiger partial charge in [-0.2, -0.15) is 4.31 Å². The fourth-order valence-corrected chi connectivity index (χ4v) is 3.30. The van der Waals surface area contributed by atoms with Crippen LogP contribution in [-0.2, 0) is 14.8 Å². The number of ether oxygens (including phenoxy) is 3. The molecule has 0 fully saturated rings. The molecule has 1 aliphatic heterocycles. The molecule has 1 aromatic carbocycles. The zero-order valence-electron chi connectivity index (χ0n) is 12.1. The Morgan fingerprint density at radius 3 is 2.67 bits per heavy atom. The Hall–Kier alpha value is -1.35. The summed E-state index contributed by atoms with van der Waals surface area (Å²) >= 11 is 0. The molecule has 0 saturated carbocycles. The van der Waals surface area contributed by atoms with E-state index in [1.807, 2.05) is 0 Å². The Kier molecular flexibility index (Phi) is 5.04. The maximum atomic E-state index is 12.5. The molecule has 0 bridgehead atoms. The molecule has 8 heteroatoms. The van der Waals surface area contributed by atoms with Crippen molar-refractivity contribution in [2.75, 3.05) is 40.5 Å².